The van der Waals surface area contributed by atoms with E-state index in [0.717, 1.165) is 19.5 Å². The molecule has 0 aliphatic carbocycles. The highest BCUT2D eigenvalue weighted by atomic mass is 19.4. The number of halogens is 3. The minimum Gasteiger partial charge on any atom is -0.311 e. The highest BCUT2D eigenvalue weighted by Gasteiger charge is 2.39. The van der Waals surface area contributed by atoms with Gasteiger partial charge in [-0.15, -0.1) is 0 Å². The standard InChI is InChI=1S/C8H13F3N2/c9-8(10,11)1-2-13-5-6-3-7(13)4-12-6/h6-7,12H,1-5H2/t6-,7-/m1/s1. The number of piperazine rings is 1. The van der Waals surface area contributed by atoms with Gasteiger partial charge in [-0.1, -0.05) is 0 Å². The third kappa shape index (κ3) is 2.14. The van der Waals surface area contributed by atoms with E-state index in [2.05, 4.69) is 5.32 Å². The average molecular weight is 194 g/mol. The van der Waals surface area contributed by atoms with E-state index in [1.807, 2.05) is 4.90 Å². The first-order valence-electron chi connectivity index (χ1n) is 4.59. The number of hydrogen-bond donors (Lipinski definition) is 1. The molecule has 76 valence electrons. The van der Waals surface area contributed by atoms with E-state index in [9.17, 15) is 13.2 Å². The molecule has 2 saturated heterocycles. The highest BCUT2D eigenvalue weighted by Crippen LogP contribution is 2.26. The fourth-order valence-electron chi connectivity index (χ4n) is 2.19. The highest BCUT2D eigenvalue weighted by molar-refractivity contribution is 4.97. The van der Waals surface area contributed by atoms with Gasteiger partial charge >= 0.3 is 6.18 Å². The van der Waals surface area contributed by atoms with E-state index in [1.165, 1.54) is 0 Å². The van der Waals surface area contributed by atoms with Gasteiger partial charge in [0.2, 0.25) is 0 Å². The van der Waals surface area contributed by atoms with Crippen molar-refractivity contribution in [2.45, 2.75) is 31.1 Å². The van der Waals surface area contributed by atoms with Crippen LogP contribution in [0, 0.1) is 0 Å². The third-order valence-corrected chi connectivity index (χ3v) is 2.85. The molecule has 2 fully saturated rings. The molecule has 0 radical (unpaired) electrons. The van der Waals surface area contributed by atoms with Crippen molar-refractivity contribution in [3.63, 3.8) is 0 Å². The molecule has 13 heavy (non-hydrogen) atoms. The molecular formula is C8H13F3N2. The summed E-state index contributed by atoms with van der Waals surface area (Å²) in [5, 5.41) is 3.26. The Hall–Kier alpha value is -0.290. The van der Waals surface area contributed by atoms with Crippen molar-refractivity contribution in [1.29, 1.82) is 0 Å². The molecule has 1 N–H and O–H groups in total. The van der Waals surface area contributed by atoms with Gasteiger partial charge < -0.3 is 5.32 Å². The number of rotatable bonds is 2. The van der Waals surface area contributed by atoms with Crippen molar-refractivity contribution >= 4 is 0 Å². The summed E-state index contributed by atoms with van der Waals surface area (Å²) in [5.74, 6) is 0. The first-order valence-corrected chi connectivity index (χ1v) is 4.59. The van der Waals surface area contributed by atoms with E-state index in [1.54, 1.807) is 0 Å². The van der Waals surface area contributed by atoms with Crippen molar-refractivity contribution in [1.82, 2.24) is 10.2 Å². The summed E-state index contributed by atoms with van der Waals surface area (Å²) in [6.45, 7) is 1.83. The smallest absolute Gasteiger partial charge is 0.311 e. The number of fused-ring (bicyclic) bond motifs is 2. The van der Waals surface area contributed by atoms with Crippen LogP contribution in [0.3, 0.4) is 0 Å². The summed E-state index contributed by atoms with van der Waals surface area (Å²) >= 11 is 0. The maximum absolute atomic E-state index is 11.9. The van der Waals surface area contributed by atoms with Gasteiger partial charge in [-0.2, -0.15) is 13.2 Å². The molecule has 0 amide bonds. The number of nitrogens with one attached hydrogen (secondary N) is 1. The van der Waals surface area contributed by atoms with Gasteiger partial charge in [0.25, 0.3) is 0 Å². The van der Waals surface area contributed by atoms with E-state index < -0.39 is 12.6 Å². The van der Waals surface area contributed by atoms with Crippen molar-refractivity contribution in [3.05, 3.63) is 0 Å². The van der Waals surface area contributed by atoms with Gasteiger partial charge in [-0.3, -0.25) is 4.90 Å². The Kier molecular flexibility index (Phi) is 2.23. The fourth-order valence-corrected chi connectivity index (χ4v) is 2.19. The lowest BCUT2D eigenvalue weighted by Gasteiger charge is -2.27. The molecule has 2 bridgehead atoms. The molecule has 2 heterocycles. The minimum absolute atomic E-state index is 0.173. The Morgan fingerprint density at radius 3 is 2.62 bits per heavy atom. The Balaban J connectivity index is 1.78. The molecule has 0 saturated carbocycles. The van der Waals surface area contributed by atoms with Gasteiger partial charge in [0.05, 0.1) is 6.42 Å². The van der Waals surface area contributed by atoms with Gasteiger partial charge in [0, 0.05) is 31.7 Å². The first kappa shape index (κ1) is 9.27. The summed E-state index contributed by atoms with van der Waals surface area (Å²) in [4.78, 5) is 1.95. The molecule has 2 atom stereocenters. The summed E-state index contributed by atoms with van der Waals surface area (Å²) < 4.78 is 35.7. The quantitative estimate of drug-likeness (QED) is 0.705. The monoisotopic (exact) mass is 194 g/mol. The Labute approximate surface area is 75.1 Å². The summed E-state index contributed by atoms with van der Waals surface area (Å²) in [6, 6.07) is 0.797. The second kappa shape index (κ2) is 3.13. The zero-order valence-electron chi connectivity index (χ0n) is 7.27. The van der Waals surface area contributed by atoms with Crippen LogP contribution in [-0.4, -0.2) is 42.8 Å². The number of likely N-dealkylation sites (tertiary alicyclic amines) is 1. The number of hydrogen-bond acceptors (Lipinski definition) is 2. The van der Waals surface area contributed by atoms with Crippen molar-refractivity contribution < 1.29 is 13.2 Å². The van der Waals surface area contributed by atoms with Crippen LogP contribution in [0.1, 0.15) is 12.8 Å². The maximum atomic E-state index is 11.9. The van der Waals surface area contributed by atoms with Crippen LogP contribution >= 0.6 is 0 Å². The SMILES string of the molecule is FC(F)(F)CCN1C[C@H]2C[C@@H]1CN2. The number of alkyl halides is 3. The average Bonchev–Trinajstić information content (AvgIpc) is 2.58. The number of nitrogens with zero attached hydrogens (tertiary/aromatic N) is 1. The molecule has 0 aromatic carbocycles. The van der Waals surface area contributed by atoms with Gasteiger partial charge in [-0.05, 0) is 6.42 Å². The van der Waals surface area contributed by atoms with Gasteiger partial charge in [0.15, 0.2) is 0 Å². The van der Waals surface area contributed by atoms with Crippen molar-refractivity contribution in [3.8, 4) is 0 Å². The Bertz CT molecular complexity index is 192. The normalized spacial score (nSPS) is 34.4. The summed E-state index contributed by atoms with van der Waals surface area (Å²) in [5.41, 5.74) is 0. The Morgan fingerprint density at radius 1 is 1.38 bits per heavy atom. The third-order valence-electron chi connectivity index (χ3n) is 2.85. The molecule has 0 aromatic heterocycles. The van der Waals surface area contributed by atoms with E-state index in [4.69, 9.17) is 0 Å². The zero-order chi connectivity index (χ0) is 9.47. The van der Waals surface area contributed by atoms with E-state index in [0.29, 0.717) is 12.1 Å². The molecule has 2 nitrogen and oxygen atoms in total. The molecule has 0 aromatic rings. The van der Waals surface area contributed by atoms with Crippen LogP contribution in [0.15, 0.2) is 0 Å². The zero-order valence-corrected chi connectivity index (χ0v) is 7.27. The summed E-state index contributed by atoms with van der Waals surface area (Å²) in [7, 11) is 0. The van der Waals surface area contributed by atoms with E-state index in [-0.39, 0.29) is 6.54 Å². The van der Waals surface area contributed by atoms with Crippen LogP contribution in [0.25, 0.3) is 0 Å². The second-order valence-electron chi connectivity index (χ2n) is 3.85. The lowest BCUT2D eigenvalue weighted by atomic mass is 10.2. The molecule has 5 heteroatoms. The molecular weight excluding hydrogens is 181 g/mol. The molecule has 2 aliphatic heterocycles. The first-order chi connectivity index (χ1) is 6.04. The topological polar surface area (TPSA) is 15.3 Å². The van der Waals surface area contributed by atoms with Crippen LogP contribution in [0.4, 0.5) is 13.2 Å². The van der Waals surface area contributed by atoms with Crippen LogP contribution < -0.4 is 5.32 Å². The molecule has 0 unspecified atom stereocenters. The lowest BCUT2D eigenvalue weighted by Crippen LogP contribution is -2.44. The summed E-state index contributed by atoms with van der Waals surface area (Å²) in [6.07, 6.45) is -3.65. The Morgan fingerprint density at radius 2 is 2.15 bits per heavy atom. The molecule has 2 rings (SSSR count). The van der Waals surface area contributed by atoms with Gasteiger partial charge in [-0.25, -0.2) is 0 Å². The maximum Gasteiger partial charge on any atom is 0.390 e. The molecule has 2 aliphatic rings. The fraction of sp³-hybridized carbons (Fsp3) is 1.00. The predicted molar refractivity (Wildman–Crippen MR) is 42.4 cm³/mol. The van der Waals surface area contributed by atoms with Crippen molar-refractivity contribution in [2.75, 3.05) is 19.6 Å². The lowest BCUT2D eigenvalue weighted by molar-refractivity contribution is -0.138. The van der Waals surface area contributed by atoms with Crippen LogP contribution in [0.5, 0.6) is 0 Å². The predicted octanol–water partition coefficient (Wildman–Crippen LogP) is 0.985. The van der Waals surface area contributed by atoms with Gasteiger partial charge in [0.1, 0.15) is 0 Å². The van der Waals surface area contributed by atoms with Crippen LogP contribution in [-0.2, 0) is 0 Å². The molecule has 0 spiro atoms. The van der Waals surface area contributed by atoms with E-state index >= 15 is 0 Å². The van der Waals surface area contributed by atoms with Crippen molar-refractivity contribution in [2.24, 2.45) is 0 Å². The largest absolute Gasteiger partial charge is 0.390 e. The van der Waals surface area contributed by atoms with Crippen LogP contribution in [0.2, 0.25) is 0 Å². The minimum atomic E-state index is -4.00. The second-order valence-corrected chi connectivity index (χ2v) is 3.85.